The van der Waals surface area contributed by atoms with Crippen molar-refractivity contribution in [1.82, 2.24) is 10.7 Å². The summed E-state index contributed by atoms with van der Waals surface area (Å²) in [7, 11) is 0. The second-order valence-corrected chi connectivity index (χ2v) is 5.80. The van der Waals surface area contributed by atoms with Crippen molar-refractivity contribution < 1.29 is 0 Å². The van der Waals surface area contributed by atoms with Gasteiger partial charge in [-0.15, -0.1) is 0 Å². The van der Waals surface area contributed by atoms with E-state index in [1.807, 2.05) is 0 Å². The summed E-state index contributed by atoms with van der Waals surface area (Å²) in [4.78, 5) is 4.81. The van der Waals surface area contributed by atoms with Crippen LogP contribution in [0.5, 0.6) is 0 Å². The molecular weight excluding hydrogens is 212 g/mol. The quantitative estimate of drug-likeness (QED) is 0.304. The molecule has 0 aromatic rings. The summed E-state index contributed by atoms with van der Waals surface area (Å²) in [5, 5.41) is 3.36. The second-order valence-electron chi connectivity index (χ2n) is 5.80. The number of nitrogens with zero attached hydrogens (tertiary/aromatic N) is 1. The molecule has 98 valence electrons. The molecule has 17 heavy (non-hydrogen) atoms. The predicted molar refractivity (Wildman–Crippen MR) is 71.5 cm³/mol. The van der Waals surface area contributed by atoms with Gasteiger partial charge >= 0.3 is 0 Å². The number of aliphatic imine (C=N–C) groups is 1. The van der Waals surface area contributed by atoms with Crippen molar-refractivity contribution in [2.24, 2.45) is 22.7 Å². The molecule has 4 nitrogen and oxygen atoms in total. The van der Waals surface area contributed by atoms with Gasteiger partial charge in [-0.2, -0.15) is 0 Å². The maximum Gasteiger partial charge on any atom is 0.206 e. The van der Waals surface area contributed by atoms with Gasteiger partial charge in [0.25, 0.3) is 0 Å². The lowest BCUT2D eigenvalue weighted by Crippen LogP contribution is -2.44. The first-order valence-electron chi connectivity index (χ1n) is 7.01. The van der Waals surface area contributed by atoms with Crippen molar-refractivity contribution in [3.8, 4) is 0 Å². The summed E-state index contributed by atoms with van der Waals surface area (Å²) in [6, 6.07) is 1.05. The Balaban J connectivity index is 1.98. The zero-order valence-electron chi connectivity index (χ0n) is 11.1. The maximum absolute atomic E-state index is 5.54. The third-order valence-electron chi connectivity index (χ3n) is 3.99. The minimum Gasteiger partial charge on any atom is -0.353 e. The molecule has 4 heteroatoms. The van der Waals surface area contributed by atoms with Gasteiger partial charge in [0, 0.05) is 6.04 Å². The average molecular weight is 238 g/mol. The summed E-state index contributed by atoms with van der Waals surface area (Å²) < 4.78 is 0. The first-order valence-corrected chi connectivity index (χ1v) is 7.01. The molecule has 2 saturated carbocycles. The van der Waals surface area contributed by atoms with Gasteiger partial charge in [0.15, 0.2) is 0 Å². The van der Waals surface area contributed by atoms with Gasteiger partial charge in [0.1, 0.15) is 0 Å². The molecule has 0 aliphatic heterocycles. The minimum absolute atomic E-state index is 0.445. The molecular formula is C13H26N4. The van der Waals surface area contributed by atoms with E-state index in [0.717, 1.165) is 5.96 Å². The molecule has 0 bridgehead atoms. The Morgan fingerprint density at radius 3 is 2.47 bits per heavy atom. The highest BCUT2D eigenvalue weighted by atomic mass is 15.3. The zero-order chi connectivity index (χ0) is 12.3. The maximum atomic E-state index is 5.54. The van der Waals surface area contributed by atoms with E-state index in [2.05, 4.69) is 24.6 Å². The summed E-state index contributed by atoms with van der Waals surface area (Å²) in [6.07, 6.45) is 7.68. The van der Waals surface area contributed by atoms with Crippen molar-refractivity contribution in [3.05, 3.63) is 0 Å². The third kappa shape index (κ3) is 3.60. The number of rotatable bonds is 3. The first kappa shape index (κ1) is 12.7. The number of hydrogen-bond donors (Lipinski definition) is 3. The summed E-state index contributed by atoms with van der Waals surface area (Å²) in [6.45, 7) is 4.62. The monoisotopic (exact) mass is 238 g/mol. The van der Waals surface area contributed by atoms with Crippen molar-refractivity contribution in [1.29, 1.82) is 0 Å². The Morgan fingerprint density at radius 1 is 1.18 bits per heavy atom. The molecule has 0 aromatic carbocycles. The molecule has 0 radical (unpaired) electrons. The normalized spacial score (nSPS) is 30.5. The van der Waals surface area contributed by atoms with E-state index in [0.29, 0.717) is 23.9 Å². The smallest absolute Gasteiger partial charge is 0.206 e. The highest BCUT2D eigenvalue weighted by Crippen LogP contribution is 2.32. The topological polar surface area (TPSA) is 62.4 Å². The van der Waals surface area contributed by atoms with E-state index >= 15 is 0 Å². The van der Waals surface area contributed by atoms with E-state index in [4.69, 9.17) is 10.8 Å². The van der Waals surface area contributed by atoms with Gasteiger partial charge in [-0.1, -0.05) is 26.7 Å². The van der Waals surface area contributed by atoms with Crippen LogP contribution in [0.3, 0.4) is 0 Å². The van der Waals surface area contributed by atoms with Crippen molar-refractivity contribution in [2.45, 2.75) is 64.5 Å². The molecule has 4 N–H and O–H groups in total. The Hall–Kier alpha value is -0.770. The van der Waals surface area contributed by atoms with Crippen molar-refractivity contribution in [2.75, 3.05) is 0 Å². The molecule has 2 rings (SSSR count). The Labute approximate surface area is 104 Å². The van der Waals surface area contributed by atoms with Crippen LogP contribution >= 0.6 is 0 Å². The van der Waals surface area contributed by atoms with Crippen LogP contribution in [0.1, 0.15) is 52.4 Å². The van der Waals surface area contributed by atoms with E-state index in [1.54, 1.807) is 0 Å². The van der Waals surface area contributed by atoms with Crippen molar-refractivity contribution in [3.63, 3.8) is 0 Å². The Kier molecular flexibility index (Phi) is 4.26. The molecule has 2 fully saturated rings. The number of nitrogens with one attached hydrogen (secondary N) is 2. The van der Waals surface area contributed by atoms with Crippen LogP contribution in [0.2, 0.25) is 0 Å². The molecule has 0 saturated heterocycles. The summed E-state index contributed by atoms with van der Waals surface area (Å²) in [5.41, 5.74) is 2.72. The van der Waals surface area contributed by atoms with Gasteiger partial charge in [-0.05, 0) is 37.5 Å². The molecule has 0 spiro atoms. The molecule has 0 aromatic heterocycles. The van der Waals surface area contributed by atoms with E-state index in [1.165, 1.54) is 38.5 Å². The summed E-state index contributed by atoms with van der Waals surface area (Å²) >= 11 is 0. The SMILES string of the molecule is CC(C)C1CCCCC1N=C(NN)NC1CC1. The van der Waals surface area contributed by atoms with Crippen LogP contribution in [-0.4, -0.2) is 18.0 Å². The second kappa shape index (κ2) is 5.71. The van der Waals surface area contributed by atoms with Gasteiger partial charge in [0.05, 0.1) is 6.04 Å². The van der Waals surface area contributed by atoms with Crippen LogP contribution in [-0.2, 0) is 0 Å². The molecule has 2 aliphatic carbocycles. The minimum atomic E-state index is 0.445. The van der Waals surface area contributed by atoms with Crippen LogP contribution in [0, 0.1) is 11.8 Å². The fourth-order valence-electron chi connectivity index (χ4n) is 2.78. The van der Waals surface area contributed by atoms with E-state index in [9.17, 15) is 0 Å². The highest BCUT2D eigenvalue weighted by Gasteiger charge is 2.28. The fraction of sp³-hybridized carbons (Fsp3) is 0.923. The highest BCUT2D eigenvalue weighted by molar-refractivity contribution is 5.80. The number of hydrogen-bond acceptors (Lipinski definition) is 2. The number of guanidine groups is 1. The Morgan fingerprint density at radius 2 is 1.88 bits per heavy atom. The molecule has 2 atom stereocenters. The average Bonchev–Trinajstić information content (AvgIpc) is 3.12. The van der Waals surface area contributed by atoms with Crippen molar-refractivity contribution >= 4 is 5.96 Å². The van der Waals surface area contributed by atoms with Gasteiger partial charge < -0.3 is 5.32 Å². The van der Waals surface area contributed by atoms with Crippen LogP contribution in [0.15, 0.2) is 4.99 Å². The lowest BCUT2D eigenvalue weighted by molar-refractivity contribution is 0.241. The van der Waals surface area contributed by atoms with Gasteiger partial charge in [-0.25, -0.2) is 10.8 Å². The first-order chi connectivity index (χ1) is 8.20. The molecule has 2 aliphatic rings. The lowest BCUT2D eigenvalue weighted by Gasteiger charge is -2.32. The predicted octanol–water partition coefficient (Wildman–Crippen LogP) is 1.77. The fourth-order valence-corrected chi connectivity index (χ4v) is 2.78. The lowest BCUT2D eigenvalue weighted by atomic mass is 9.78. The van der Waals surface area contributed by atoms with Crippen LogP contribution in [0.25, 0.3) is 0 Å². The Bertz CT molecular complexity index is 271. The molecule has 0 amide bonds. The molecule has 0 heterocycles. The summed E-state index contributed by atoms with van der Waals surface area (Å²) in [5.74, 6) is 7.77. The largest absolute Gasteiger partial charge is 0.353 e. The number of nitrogens with two attached hydrogens (primary N) is 1. The van der Waals surface area contributed by atoms with Crippen LogP contribution < -0.4 is 16.6 Å². The van der Waals surface area contributed by atoms with Gasteiger partial charge in [0.2, 0.25) is 5.96 Å². The number of hydrazine groups is 1. The third-order valence-corrected chi connectivity index (χ3v) is 3.99. The standard InChI is InChI=1S/C13H26N4/c1-9(2)11-5-3-4-6-12(11)16-13(17-14)15-10-7-8-10/h9-12H,3-8,14H2,1-2H3,(H2,15,16,17). The van der Waals surface area contributed by atoms with E-state index in [-0.39, 0.29) is 0 Å². The van der Waals surface area contributed by atoms with E-state index < -0.39 is 0 Å². The van der Waals surface area contributed by atoms with Gasteiger partial charge in [-0.3, -0.25) is 5.43 Å². The van der Waals surface area contributed by atoms with Crippen LogP contribution in [0.4, 0.5) is 0 Å². The zero-order valence-corrected chi connectivity index (χ0v) is 11.1. The molecule has 2 unspecified atom stereocenters.